The summed E-state index contributed by atoms with van der Waals surface area (Å²) in [5.41, 5.74) is 2.55. The van der Waals surface area contributed by atoms with E-state index in [0.29, 0.717) is 28.8 Å². The van der Waals surface area contributed by atoms with E-state index in [4.69, 9.17) is 16.6 Å². The zero-order valence-corrected chi connectivity index (χ0v) is 15.4. The Hall–Kier alpha value is -3.03. The second kappa shape index (κ2) is 6.54. The van der Waals surface area contributed by atoms with Crippen LogP contribution in [-0.2, 0) is 0 Å². The molecule has 2 aromatic heterocycles. The number of hydrogen-bond acceptors (Lipinski definition) is 5. The topological polar surface area (TPSA) is 91.2 Å². The van der Waals surface area contributed by atoms with Gasteiger partial charge in [-0.05, 0) is 24.6 Å². The molecule has 0 radical (unpaired) electrons. The molecule has 2 aliphatic rings. The minimum atomic E-state index is -0.582. The number of fused-ring (bicyclic) bond motifs is 3. The van der Waals surface area contributed by atoms with E-state index in [0.717, 1.165) is 11.1 Å². The van der Waals surface area contributed by atoms with Crippen molar-refractivity contribution in [3.8, 4) is 11.3 Å². The third-order valence-electron chi connectivity index (χ3n) is 5.27. The number of carbonyl (C=O) groups is 1. The van der Waals surface area contributed by atoms with Gasteiger partial charge >= 0.3 is 6.03 Å². The number of aliphatic hydroxyl groups is 1. The van der Waals surface area contributed by atoms with Crippen molar-refractivity contribution >= 4 is 29.3 Å². The van der Waals surface area contributed by atoms with Crippen LogP contribution in [0.3, 0.4) is 0 Å². The number of aromatic nitrogens is 3. The zero-order chi connectivity index (χ0) is 19.3. The average Bonchev–Trinajstić information content (AvgIpc) is 2.97. The first-order valence-corrected chi connectivity index (χ1v) is 9.31. The van der Waals surface area contributed by atoms with E-state index in [2.05, 4.69) is 15.3 Å². The molecule has 1 aliphatic carbocycles. The number of nitrogens with zero attached hydrogens (tertiary/aromatic N) is 4. The maximum atomic E-state index is 13.0. The summed E-state index contributed by atoms with van der Waals surface area (Å²) in [6.45, 7) is 0. The van der Waals surface area contributed by atoms with Crippen LogP contribution in [0.15, 0.2) is 55.0 Å². The Morgan fingerprint density at radius 1 is 1.25 bits per heavy atom. The van der Waals surface area contributed by atoms with E-state index in [9.17, 15) is 9.90 Å². The highest BCUT2D eigenvalue weighted by Gasteiger charge is 2.54. The highest BCUT2D eigenvalue weighted by molar-refractivity contribution is 6.30. The summed E-state index contributed by atoms with van der Waals surface area (Å²) in [4.78, 5) is 27.3. The molecule has 1 aromatic carbocycles. The van der Waals surface area contributed by atoms with Crippen LogP contribution in [0, 0.1) is 0 Å². The van der Waals surface area contributed by atoms with E-state index in [1.807, 2.05) is 30.3 Å². The van der Waals surface area contributed by atoms with Crippen LogP contribution < -0.4 is 10.2 Å². The number of halogens is 1. The molecule has 3 heterocycles. The third-order valence-corrected chi connectivity index (χ3v) is 5.51. The third kappa shape index (κ3) is 2.71. The van der Waals surface area contributed by atoms with Crippen LogP contribution in [-0.4, -0.2) is 38.2 Å². The van der Waals surface area contributed by atoms with E-state index >= 15 is 0 Å². The lowest BCUT2D eigenvalue weighted by Gasteiger charge is -2.40. The Labute approximate surface area is 166 Å². The lowest BCUT2D eigenvalue weighted by molar-refractivity contribution is 0.0540. The molecule has 0 saturated heterocycles. The molecular formula is C20H16ClN5O2. The number of rotatable bonds is 2. The van der Waals surface area contributed by atoms with Crippen molar-refractivity contribution in [2.24, 2.45) is 0 Å². The highest BCUT2D eigenvalue weighted by Crippen LogP contribution is 2.51. The smallest absolute Gasteiger partial charge is 0.329 e. The molecule has 28 heavy (non-hydrogen) atoms. The van der Waals surface area contributed by atoms with Gasteiger partial charge in [0.2, 0.25) is 0 Å². The van der Waals surface area contributed by atoms with Crippen molar-refractivity contribution in [2.45, 2.75) is 24.5 Å². The zero-order valence-electron chi connectivity index (χ0n) is 14.7. The van der Waals surface area contributed by atoms with E-state index in [-0.39, 0.29) is 18.0 Å². The Bertz CT molecular complexity index is 1060. The molecule has 0 spiro atoms. The van der Waals surface area contributed by atoms with E-state index in [1.54, 1.807) is 6.07 Å². The molecule has 0 bridgehead atoms. The monoisotopic (exact) mass is 393 g/mol. The molecule has 2 N–H and O–H groups in total. The van der Waals surface area contributed by atoms with Gasteiger partial charge in [-0.1, -0.05) is 29.8 Å². The number of hydrogen-bond donors (Lipinski definition) is 2. The first-order valence-electron chi connectivity index (χ1n) is 8.93. The van der Waals surface area contributed by atoms with Gasteiger partial charge in [-0.15, -0.1) is 0 Å². The van der Waals surface area contributed by atoms with Crippen molar-refractivity contribution in [3.63, 3.8) is 0 Å². The number of benzene rings is 1. The molecule has 1 aliphatic heterocycles. The molecule has 2 unspecified atom stereocenters. The average molecular weight is 394 g/mol. The maximum absolute atomic E-state index is 13.0. The van der Waals surface area contributed by atoms with Crippen LogP contribution in [0.5, 0.6) is 0 Å². The van der Waals surface area contributed by atoms with Gasteiger partial charge in [0, 0.05) is 34.5 Å². The van der Waals surface area contributed by atoms with Crippen molar-refractivity contribution in [2.75, 3.05) is 10.2 Å². The summed E-state index contributed by atoms with van der Waals surface area (Å²) in [6, 6.07) is 10.6. The second-order valence-corrected chi connectivity index (χ2v) is 7.35. The second-order valence-electron chi connectivity index (χ2n) is 6.91. The van der Waals surface area contributed by atoms with Gasteiger partial charge in [0.1, 0.15) is 5.82 Å². The Morgan fingerprint density at radius 3 is 2.89 bits per heavy atom. The van der Waals surface area contributed by atoms with Gasteiger partial charge in [0.15, 0.2) is 5.82 Å². The summed E-state index contributed by atoms with van der Waals surface area (Å²) in [5.74, 6) is 0.987. The van der Waals surface area contributed by atoms with Crippen LogP contribution in [0.1, 0.15) is 17.9 Å². The summed E-state index contributed by atoms with van der Waals surface area (Å²) in [6.07, 6.45) is 4.54. The summed E-state index contributed by atoms with van der Waals surface area (Å²) in [5, 5.41) is 13.7. The first-order chi connectivity index (χ1) is 13.6. The molecule has 1 saturated carbocycles. The van der Waals surface area contributed by atoms with Gasteiger partial charge in [0.05, 0.1) is 24.0 Å². The minimum Gasteiger partial charge on any atom is -0.391 e. The fourth-order valence-electron chi connectivity index (χ4n) is 3.93. The normalized spacial score (nSPS) is 22.2. The van der Waals surface area contributed by atoms with Crippen molar-refractivity contribution in [3.05, 3.63) is 65.6 Å². The number of nitrogens with one attached hydrogen (secondary N) is 1. The van der Waals surface area contributed by atoms with Crippen LogP contribution >= 0.6 is 11.6 Å². The van der Waals surface area contributed by atoms with Gasteiger partial charge in [-0.3, -0.25) is 15.2 Å². The predicted octanol–water partition coefficient (Wildman–Crippen LogP) is 3.46. The Balaban J connectivity index is 1.53. The molecule has 140 valence electrons. The number of carbonyl (C=O) groups excluding carboxylic acids is 1. The van der Waals surface area contributed by atoms with E-state index < -0.39 is 6.10 Å². The Morgan fingerprint density at radius 2 is 2.14 bits per heavy atom. The van der Waals surface area contributed by atoms with Gasteiger partial charge in [-0.2, -0.15) is 0 Å². The van der Waals surface area contributed by atoms with Crippen LogP contribution in [0.4, 0.5) is 16.4 Å². The molecular weight excluding hydrogens is 378 g/mol. The lowest BCUT2D eigenvalue weighted by atomic mass is 9.75. The number of amides is 2. The number of anilines is 2. The predicted molar refractivity (Wildman–Crippen MR) is 105 cm³/mol. The quantitative estimate of drug-likeness (QED) is 0.695. The van der Waals surface area contributed by atoms with E-state index in [1.165, 1.54) is 23.5 Å². The molecule has 2 amide bonds. The summed E-state index contributed by atoms with van der Waals surface area (Å²) < 4.78 is 0. The van der Waals surface area contributed by atoms with Crippen molar-refractivity contribution < 1.29 is 9.90 Å². The van der Waals surface area contributed by atoms with Crippen LogP contribution in [0.2, 0.25) is 5.02 Å². The van der Waals surface area contributed by atoms with Crippen molar-refractivity contribution in [1.29, 1.82) is 0 Å². The van der Waals surface area contributed by atoms with Gasteiger partial charge in [0.25, 0.3) is 0 Å². The summed E-state index contributed by atoms with van der Waals surface area (Å²) >= 11 is 6.11. The van der Waals surface area contributed by atoms with Gasteiger partial charge < -0.3 is 5.11 Å². The fraction of sp³-hybridized carbons (Fsp3) is 0.200. The largest absolute Gasteiger partial charge is 0.391 e. The number of aliphatic hydroxyl groups excluding tert-OH is 1. The molecule has 7 nitrogen and oxygen atoms in total. The lowest BCUT2D eigenvalue weighted by Crippen LogP contribution is -2.55. The number of urea groups is 1. The molecule has 1 fully saturated rings. The van der Waals surface area contributed by atoms with Crippen molar-refractivity contribution in [1.82, 2.24) is 15.0 Å². The maximum Gasteiger partial charge on any atom is 0.329 e. The minimum absolute atomic E-state index is 0.0820. The molecule has 8 heteroatoms. The molecule has 5 rings (SSSR count). The number of pyridine rings is 1. The first kappa shape index (κ1) is 17.1. The Kier molecular flexibility index (Phi) is 3.99. The van der Waals surface area contributed by atoms with Gasteiger partial charge in [-0.25, -0.2) is 14.8 Å². The SMILES string of the molecule is O=C(Nc1cnccn1)N1c2nc(-c3cccc(Cl)c3)ccc2C2C[C@@H](O)C21. The molecule has 3 aromatic rings. The summed E-state index contributed by atoms with van der Waals surface area (Å²) in [7, 11) is 0. The van der Waals surface area contributed by atoms with Crippen LogP contribution in [0.25, 0.3) is 11.3 Å². The fourth-order valence-corrected chi connectivity index (χ4v) is 4.12. The highest BCUT2D eigenvalue weighted by atomic mass is 35.5. The standard InChI is InChI=1S/C20H16ClN5O2/c21-12-3-1-2-11(8-12)15-5-4-13-14-9-16(27)18(14)26(19(13)24-15)20(28)25-17-10-22-6-7-23-17/h1-8,10,14,16,18,27H,9H2,(H,23,25,28)/t14?,16-,18?/m1/s1. The molecule has 3 atom stereocenters.